The van der Waals surface area contributed by atoms with E-state index < -0.39 is 0 Å². The van der Waals surface area contributed by atoms with Crippen LogP contribution in [0.15, 0.2) is 67.0 Å². The van der Waals surface area contributed by atoms with Gasteiger partial charge in [-0.2, -0.15) is 0 Å². The first-order valence-electron chi connectivity index (χ1n) is 8.28. The molecule has 0 spiro atoms. The molecule has 2 aromatic carbocycles. The Kier molecular flexibility index (Phi) is 4.98. The Bertz CT molecular complexity index is 871. The number of carbonyl (C=O) groups excluding carboxylic acids is 1. The largest absolute Gasteiger partial charge is 0.346 e. The summed E-state index contributed by atoms with van der Waals surface area (Å²) in [5.41, 5.74) is 3.61. The van der Waals surface area contributed by atoms with Gasteiger partial charge in [-0.25, -0.2) is 4.39 Å². The predicted octanol–water partition coefficient (Wildman–Crippen LogP) is 4.86. The van der Waals surface area contributed by atoms with Gasteiger partial charge in [0.1, 0.15) is 5.82 Å². The number of carbonyl (C=O) groups is 1. The predicted molar refractivity (Wildman–Crippen MR) is 98.1 cm³/mol. The summed E-state index contributed by atoms with van der Waals surface area (Å²) in [6, 6.07) is 16.3. The average Bonchev–Trinajstić information content (AvgIpc) is 3.10. The number of nitrogens with zero attached hydrogens (tertiary/aromatic N) is 1. The van der Waals surface area contributed by atoms with Gasteiger partial charge in [0.25, 0.3) is 0 Å². The quantitative estimate of drug-likeness (QED) is 0.709. The molecule has 1 unspecified atom stereocenters. The number of rotatable bonds is 5. The fourth-order valence-corrected chi connectivity index (χ4v) is 3.04. The van der Waals surface area contributed by atoms with Gasteiger partial charge in [0.2, 0.25) is 5.91 Å². The van der Waals surface area contributed by atoms with Crippen LogP contribution < -0.4 is 5.32 Å². The lowest BCUT2D eigenvalue weighted by atomic mass is 9.98. The lowest BCUT2D eigenvalue weighted by Crippen LogP contribution is -2.20. The summed E-state index contributed by atoms with van der Waals surface area (Å²) in [5, 5.41) is 2.90. The fourth-order valence-electron chi connectivity index (χ4n) is 3.04. The molecule has 4 heteroatoms. The zero-order valence-electron chi connectivity index (χ0n) is 14.4. The van der Waals surface area contributed by atoms with Crippen LogP contribution in [0.4, 0.5) is 10.1 Å². The van der Waals surface area contributed by atoms with E-state index in [4.69, 9.17) is 0 Å². The van der Waals surface area contributed by atoms with Gasteiger partial charge in [0.05, 0.1) is 12.5 Å². The van der Waals surface area contributed by atoms with Gasteiger partial charge < -0.3 is 9.88 Å². The molecule has 3 nitrogen and oxygen atoms in total. The van der Waals surface area contributed by atoms with E-state index in [0.29, 0.717) is 17.7 Å². The Hall–Kier alpha value is -2.88. The molecule has 0 fully saturated rings. The maximum Gasteiger partial charge on any atom is 0.226 e. The highest BCUT2D eigenvalue weighted by Gasteiger charge is 2.19. The smallest absolute Gasteiger partial charge is 0.226 e. The summed E-state index contributed by atoms with van der Waals surface area (Å²) >= 11 is 0. The highest BCUT2D eigenvalue weighted by molar-refractivity contribution is 5.92. The van der Waals surface area contributed by atoms with E-state index >= 15 is 0 Å². The van der Waals surface area contributed by atoms with E-state index in [2.05, 4.69) is 11.4 Å². The highest BCUT2D eigenvalue weighted by atomic mass is 19.1. The van der Waals surface area contributed by atoms with Crippen LogP contribution in [0.1, 0.15) is 29.2 Å². The number of aryl methyl sites for hydroxylation is 2. The van der Waals surface area contributed by atoms with Crippen molar-refractivity contribution >= 4 is 11.6 Å². The number of hydrogen-bond donors (Lipinski definition) is 1. The number of hydrogen-bond acceptors (Lipinski definition) is 1. The van der Waals surface area contributed by atoms with E-state index in [-0.39, 0.29) is 17.8 Å². The Labute approximate surface area is 147 Å². The molecule has 3 rings (SSSR count). The van der Waals surface area contributed by atoms with Crippen molar-refractivity contribution in [3.63, 3.8) is 0 Å². The molecule has 0 aliphatic carbocycles. The summed E-state index contributed by atoms with van der Waals surface area (Å²) < 4.78 is 15.3. The zero-order chi connectivity index (χ0) is 17.8. The highest BCUT2D eigenvalue weighted by Crippen LogP contribution is 2.26. The monoisotopic (exact) mass is 336 g/mol. The standard InChI is InChI=1S/C21H21FN2O/c1-15-7-3-4-8-18(15)20(24-11-5-6-12-24)14-21(25)23-19-10-9-17(22)13-16(19)2/h3-13,20H,14H2,1-2H3,(H,23,25). The molecule has 0 radical (unpaired) electrons. The van der Waals surface area contributed by atoms with Gasteiger partial charge in [-0.15, -0.1) is 0 Å². The number of aromatic nitrogens is 1. The van der Waals surface area contributed by atoms with Crippen LogP contribution in [0.3, 0.4) is 0 Å². The summed E-state index contributed by atoms with van der Waals surface area (Å²) in [6.45, 7) is 3.83. The molecule has 1 N–H and O–H groups in total. The van der Waals surface area contributed by atoms with Gasteiger partial charge in [-0.05, 0) is 60.9 Å². The zero-order valence-corrected chi connectivity index (χ0v) is 14.4. The molecular weight excluding hydrogens is 315 g/mol. The molecule has 0 saturated carbocycles. The van der Waals surface area contributed by atoms with Crippen LogP contribution in [0.25, 0.3) is 0 Å². The molecule has 1 heterocycles. The molecule has 1 aromatic heterocycles. The van der Waals surface area contributed by atoms with Crippen molar-refractivity contribution < 1.29 is 9.18 Å². The number of halogens is 1. The first kappa shape index (κ1) is 17.0. The molecule has 0 aliphatic rings. The lowest BCUT2D eigenvalue weighted by Gasteiger charge is -2.21. The number of amides is 1. The minimum absolute atomic E-state index is 0.0862. The Balaban J connectivity index is 1.83. The lowest BCUT2D eigenvalue weighted by molar-refractivity contribution is -0.116. The van der Waals surface area contributed by atoms with Crippen molar-refractivity contribution in [1.82, 2.24) is 4.57 Å². The number of nitrogens with one attached hydrogen (secondary N) is 1. The SMILES string of the molecule is Cc1cc(F)ccc1NC(=O)CC(c1ccccc1C)n1cccc1. The maximum absolute atomic E-state index is 13.2. The van der Waals surface area contributed by atoms with Crippen molar-refractivity contribution in [2.75, 3.05) is 5.32 Å². The molecule has 0 saturated heterocycles. The van der Waals surface area contributed by atoms with Crippen LogP contribution in [-0.2, 0) is 4.79 Å². The third-order valence-electron chi connectivity index (χ3n) is 4.38. The topological polar surface area (TPSA) is 34.0 Å². The van der Waals surface area contributed by atoms with Crippen LogP contribution in [-0.4, -0.2) is 10.5 Å². The van der Waals surface area contributed by atoms with Crippen LogP contribution in [0.5, 0.6) is 0 Å². The molecule has 3 aromatic rings. The third-order valence-corrected chi connectivity index (χ3v) is 4.38. The van der Waals surface area contributed by atoms with Crippen molar-refractivity contribution in [3.05, 3.63) is 89.5 Å². The van der Waals surface area contributed by atoms with E-state index in [1.807, 2.05) is 54.2 Å². The minimum atomic E-state index is -0.305. The summed E-state index contributed by atoms with van der Waals surface area (Å²) in [5.74, 6) is -0.405. The average molecular weight is 336 g/mol. The fraction of sp³-hybridized carbons (Fsp3) is 0.190. The molecule has 1 atom stereocenters. The van der Waals surface area contributed by atoms with Crippen LogP contribution >= 0.6 is 0 Å². The molecule has 0 bridgehead atoms. The van der Waals surface area contributed by atoms with E-state index in [0.717, 1.165) is 11.1 Å². The second kappa shape index (κ2) is 7.34. The molecule has 0 aliphatic heterocycles. The second-order valence-corrected chi connectivity index (χ2v) is 6.21. The molecule has 128 valence electrons. The second-order valence-electron chi connectivity index (χ2n) is 6.21. The van der Waals surface area contributed by atoms with Gasteiger partial charge in [0.15, 0.2) is 0 Å². The summed E-state index contributed by atoms with van der Waals surface area (Å²) in [6.07, 6.45) is 4.23. The summed E-state index contributed by atoms with van der Waals surface area (Å²) in [4.78, 5) is 12.6. The Morgan fingerprint density at radius 3 is 2.44 bits per heavy atom. The minimum Gasteiger partial charge on any atom is -0.346 e. The van der Waals surface area contributed by atoms with E-state index in [1.165, 1.54) is 12.1 Å². The molecule has 1 amide bonds. The third kappa shape index (κ3) is 3.97. The number of anilines is 1. The van der Waals surface area contributed by atoms with Gasteiger partial charge in [-0.1, -0.05) is 24.3 Å². The van der Waals surface area contributed by atoms with Crippen molar-refractivity contribution in [2.24, 2.45) is 0 Å². The van der Waals surface area contributed by atoms with Crippen LogP contribution in [0.2, 0.25) is 0 Å². The number of benzene rings is 2. The van der Waals surface area contributed by atoms with E-state index in [1.54, 1.807) is 13.0 Å². The first-order valence-corrected chi connectivity index (χ1v) is 8.28. The van der Waals surface area contributed by atoms with Crippen LogP contribution in [0, 0.1) is 19.7 Å². The molecular formula is C21H21FN2O. The van der Waals surface area contributed by atoms with Gasteiger partial charge in [0, 0.05) is 18.1 Å². The van der Waals surface area contributed by atoms with Crippen molar-refractivity contribution in [3.8, 4) is 0 Å². The van der Waals surface area contributed by atoms with E-state index in [9.17, 15) is 9.18 Å². The first-order chi connectivity index (χ1) is 12.0. The van der Waals surface area contributed by atoms with Gasteiger partial charge in [-0.3, -0.25) is 4.79 Å². The summed E-state index contributed by atoms with van der Waals surface area (Å²) in [7, 11) is 0. The Morgan fingerprint density at radius 2 is 1.76 bits per heavy atom. The molecule has 25 heavy (non-hydrogen) atoms. The van der Waals surface area contributed by atoms with Gasteiger partial charge >= 0.3 is 0 Å². The van der Waals surface area contributed by atoms with Crippen molar-refractivity contribution in [1.29, 1.82) is 0 Å². The maximum atomic E-state index is 13.2. The Morgan fingerprint density at radius 1 is 1.04 bits per heavy atom. The normalized spacial score (nSPS) is 12.0. The van der Waals surface area contributed by atoms with Crippen molar-refractivity contribution in [2.45, 2.75) is 26.3 Å².